The largest absolute Gasteiger partial charge is 0.460 e. The normalized spacial score (nSPS) is 9.86. The fourth-order valence-corrected chi connectivity index (χ4v) is 1.42. The first-order chi connectivity index (χ1) is 10.1. The molecule has 21 heavy (non-hydrogen) atoms. The second-order valence-electron chi connectivity index (χ2n) is 3.53. The third-order valence-electron chi connectivity index (χ3n) is 2.18. The van der Waals surface area contributed by atoms with Gasteiger partial charge in [0.25, 0.3) is 0 Å². The number of esters is 1. The average molecular weight is 299 g/mol. The monoisotopic (exact) mass is 299 g/mol. The van der Waals surface area contributed by atoms with Gasteiger partial charge in [0.15, 0.2) is 0 Å². The first-order valence-electron chi connectivity index (χ1n) is 6.41. The standard InChI is InChI=1S/C12H17N3O6/c1-4-19-10(16)9-13-7-8-14(9)15(11(17)20-5-2)12(18)21-6-3/h7-8H,4-6H2,1-3H3. The van der Waals surface area contributed by atoms with E-state index >= 15 is 0 Å². The molecule has 1 aromatic heterocycles. The number of rotatable bonds is 5. The molecule has 0 atom stereocenters. The third kappa shape index (κ3) is 3.94. The summed E-state index contributed by atoms with van der Waals surface area (Å²) in [5.41, 5.74) is 0. The highest BCUT2D eigenvalue weighted by Gasteiger charge is 2.30. The highest BCUT2D eigenvalue weighted by molar-refractivity contribution is 6.02. The van der Waals surface area contributed by atoms with Gasteiger partial charge < -0.3 is 14.2 Å². The van der Waals surface area contributed by atoms with E-state index < -0.39 is 18.2 Å². The summed E-state index contributed by atoms with van der Waals surface area (Å²) in [6.45, 7) is 5.03. The number of nitrogens with zero attached hydrogens (tertiary/aromatic N) is 3. The second-order valence-corrected chi connectivity index (χ2v) is 3.53. The van der Waals surface area contributed by atoms with Crippen LogP contribution in [0.3, 0.4) is 0 Å². The molecule has 0 bridgehead atoms. The Labute approximate surface area is 121 Å². The molecule has 0 unspecified atom stereocenters. The van der Waals surface area contributed by atoms with Gasteiger partial charge in [-0.3, -0.25) is 0 Å². The molecule has 1 rings (SSSR count). The highest BCUT2D eigenvalue weighted by Crippen LogP contribution is 2.06. The molecule has 2 amide bonds. The number of carbonyl (C=O) groups is 3. The van der Waals surface area contributed by atoms with Crippen LogP contribution in [0.15, 0.2) is 12.4 Å². The van der Waals surface area contributed by atoms with Gasteiger partial charge in [-0.25, -0.2) is 24.0 Å². The van der Waals surface area contributed by atoms with Crippen molar-refractivity contribution in [2.45, 2.75) is 20.8 Å². The Morgan fingerprint density at radius 3 is 2.05 bits per heavy atom. The van der Waals surface area contributed by atoms with Gasteiger partial charge >= 0.3 is 18.2 Å². The number of carbonyl (C=O) groups excluding carboxylic acids is 3. The van der Waals surface area contributed by atoms with Crippen molar-refractivity contribution in [3.8, 4) is 0 Å². The quantitative estimate of drug-likeness (QED) is 0.597. The Morgan fingerprint density at radius 2 is 1.57 bits per heavy atom. The van der Waals surface area contributed by atoms with Gasteiger partial charge in [-0.05, 0) is 20.8 Å². The lowest BCUT2D eigenvalue weighted by molar-refractivity contribution is 0.0506. The van der Waals surface area contributed by atoms with Crippen molar-refractivity contribution in [1.29, 1.82) is 0 Å². The minimum atomic E-state index is -0.987. The van der Waals surface area contributed by atoms with E-state index in [0.29, 0.717) is 5.01 Å². The van der Waals surface area contributed by atoms with E-state index in [1.165, 1.54) is 12.4 Å². The summed E-state index contributed by atoms with van der Waals surface area (Å²) in [5.74, 6) is -1.01. The Balaban J connectivity index is 3.14. The maximum absolute atomic E-state index is 11.9. The number of imide groups is 1. The number of imidazole rings is 1. The van der Waals surface area contributed by atoms with Gasteiger partial charge in [-0.15, -0.1) is 5.01 Å². The van der Waals surface area contributed by atoms with E-state index in [0.717, 1.165) is 4.68 Å². The lowest BCUT2D eigenvalue weighted by Crippen LogP contribution is -2.47. The summed E-state index contributed by atoms with van der Waals surface area (Å²) >= 11 is 0. The molecule has 0 fully saturated rings. The van der Waals surface area contributed by atoms with Crippen LogP contribution in [-0.2, 0) is 14.2 Å². The fourth-order valence-electron chi connectivity index (χ4n) is 1.42. The number of amides is 2. The van der Waals surface area contributed by atoms with Crippen LogP contribution in [0, 0.1) is 0 Å². The van der Waals surface area contributed by atoms with Crippen molar-refractivity contribution in [3.63, 3.8) is 0 Å². The van der Waals surface area contributed by atoms with Gasteiger partial charge in [-0.2, -0.15) is 0 Å². The molecule has 9 heteroatoms. The summed E-state index contributed by atoms with van der Waals surface area (Å²) in [5, 5.41) is 0.534. The summed E-state index contributed by atoms with van der Waals surface area (Å²) < 4.78 is 15.3. The van der Waals surface area contributed by atoms with E-state index in [-0.39, 0.29) is 25.6 Å². The zero-order valence-electron chi connectivity index (χ0n) is 12.1. The van der Waals surface area contributed by atoms with Crippen molar-refractivity contribution in [2.24, 2.45) is 0 Å². The molecule has 9 nitrogen and oxygen atoms in total. The van der Waals surface area contributed by atoms with Gasteiger partial charge in [0.1, 0.15) is 0 Å². The second kappa shape index (κ2) is 7.88. The maximum atomic E-state index is 11.9. The van der Waals surface area contributed by atoms with Gasteiger partial charge in [0, 0.05) is 12.4 Å². The van der Waals surface area contributed by atoms with Crippen molar-refractivity contribution in [1.82, 2.24) is 9.66 Å². The van der Waals surface area contributed by atoms with Crippen molar-refractivity contribution < 1.29 is 28.6 Å². The predicted molar refractivity (Wildman–Crippen MR) is 70.4 cm³/mol. The third-order valence-corrected chi connectivity index (χ3v) is 2.18. The first-order valence-corrected chi connectivity index (χ1v) is 6.41. The lowest BCUT2D eigenvalue weighted by Gasteiger charge is -2.20. The van der Waals surface area contributed by atoms with Gasteiger partial charge in [0.05, 0.1) is 19.8 Å². The Hall–Kier alpha value is -2.58. The van der Waals surface area contributed by atoms with Crippen LogP contribution in [-0.4, -0.2) is 47.6 Å². The zero-order valence-corrected chi connectivity index (χ0v) is 12.1. The molecule has 0 saturated heterocycles. The van der Waals surface area contributed by atoms with E-state index in [1.807, 2.05) is 0 Å². The van der Waals surface area contributed by atoms with E-state index in [9.17, 15) is 14.4 Å². The van der Waals surface area contributed by atoms with Crippen molar-refractivity contribution in [3.05, 3.63) is 18.2 Å². The smallest absolute Gasteiger partial charge is 0.439 e. The van der Waals surface area contributed by atoms with Crippen molar-refractivity contribution in [2.75, 3.05) is 24.8 Å². The summed E-state index contributed by atoms with van der Waals surface area (Å²) in [6.07, 6.45) is 0.525. The molecule has 0 aromatic carbocycles. The van der Waals surface area contributed by atoms with Crippen molar-refractivity contribution >= 4 is 18.2 Å². The van der Waals surface area contributed by atoms with E-state index in [1.54, 1.807) is 20.8 Å². The van der Waals surface area contributed by atoms with Crippen LogP contribution in [0.2, 0.25) is 0 Å². The summed E-state index contributed by atoms with van der Waals surface area (Å²) in [4.78, 5) is 39.3. The van der Waals surface area contributed by atoms with E-state index in [4.69, 9.17) is 14.2 Å². The Bertz CT molecular complexity index is 495. The zero-order chi connectivity index (χ0) is 15.8. The molecule has 0 saturated carbocycles. The molecule has 116 valence electrons. The summed E-state index contributed by atoms with van der Waals surface area (Å²) in [7, 11) is 0. The van der Waals surface area contributed by atoms with E-state index in [2.05, 4.69) is 4.98 Å². The molecule has 1 heterocycles. The number of aromatic nitrogens is 2. The topological polar surface area (TPSA) is 100.0 Å². The van der Waals surface area contributed by atoms with Gasteiger partial charge in [-0.1, -0.05) is 0 Å². The summed E-state index contributed by atoms with van der Waals surface area (Å²) in [6, 6.07) is 0. The molecule has 0 aliphatic heterocycles. The molecule has 1 aromatic rings. The molecular weight excluding hydrogens is 282 g/mol. The average Bonchev–Trinajstić information content (AvgIpc) is 2.89. The van der Waals surface area contributed by atoms with Crippen LogP contribution in [0.4, 0.5) is 9.59 Å². The predicted octanol–water partition coefficient (Wildman–Crippen LogP) is 1.31. The fraction of sp³-hybridized carbons (Fsp3) is 0.500. The van der Waals surface area contributed by atoms with Crippen LogP contribution in [0.1, 0.15) is 31.4 Å². The Kier molecular flexibility index (Phi) is 6.18. The molecule has 0 spiro atoms. The van der Waals surface area contributed by atoms with Crippen LogP contribution in [0.25, 0.3) is 0 Å². The molecular formula is C12H17N3O6. The molecule has 0 aliphatic carbocycles. The number of hydrogen-bond donors (Lipinski definition) is 0. The first kappa shape index (κ1) is 16.5. The Morgan fingerprint density at radius 1 is 1.05 bits per heavy atom. The lowest BCUT2D eigenvalue weighted by atomic mass is 10.6. The highest BCUT2D eigenvalue weighted by atomic mass is 16.6. The van der Waals surface area contributed by atoms with Crippen LogP contribution in [0.5, 0.6) is 0 Å². The minimum Gasteiger partial charge on any atom is -0.460 e. The molecule has 0 N–H and O–H groups in total. The maximum Gasteiger partial charge on any atom is 0.439 e. The van der Waals surface area contributed by atoms with Crippen LogP contribution < -0.4 is 5.01 Å². The molecule has 0 radical (unpaired) electrons. The van der Waals surface area contributed by atoms with Gasteiger partial charge in [0.2, 0.25) is 5.82 Å². The molecule has 0 aliphatic rings. The minimum absolute atomic E-state index is 0.0537. The number of hydrogen-bond acceptors (Lipinski definition) is 7. The SMILES string of the molecule is CCOC(=O)c1nccn1N(C(=O)OCC)C(=O)OCC. The number of ether oxygens (including phenoxy) is 3. The van der Waals surface area contributed by atoms with Crippen LogP contribution >= 0.6 is 0 Å².